The molecule has 2 heterocycles. The second kappa shape index (κ2) is 8.33. The molecule has 1 fully saturated rings. The monoisotopic (exact) mass is 294 g/mol. The van der Waals surface area contributed by atoms with Gasteiger partial charge in [-0.1, -0.05) is 11.6 Å². The first kappa shape index (κ1) is 15.3. The van der Waals surface area contributed by atoms with Crippen LogP contribution in [-0.2, 0) is 6.42 Å². The minimum atomic E-state index is 0. The van der Waals surface area contributed by atoms with Crippen molar-refractivity contribution in [3.63, 3.8) is 0 Å². The van der Waals surface area contributed by atoms with E-state index in [-0.39, 0.29) is 12.4 Å². The van der Waals surface area contributed by atoms with E-state index in [0.717, 1.165) is 23.2 Å². The molecule has 0 amide bonds. The van der Waals surface area contributed by atoms with E-state index in [0.29, 0.717) is 0 Å². The van der Waals surface area contributed by atoms with Crippen molar-refractivity contribution in [2.45, 2.75) is 19.3 Å². The lowest BCUT2D eigenvalue weighted by Gasteiger charge is -2.22. The van der Waals surface area contributed by atoms with Crippen molar-refractivity contribution < 1.29 is 0 Å². The van der Waals surface area contributed by atoms with Crippen LogP contribution in [0.2, 0.25) is 4.34 Å². The number of rotatable bonds is 5. The highest BCUT2D eigenvalue weighted by Crippen LogP contribution is 2.21. The van der Waals surface area contributed by atoms with Crippen molar-refractivity contribution in [1.29, 1.82) is 0 Å². The average molecular weight is 295 g/mol. The fourth-order valence-electron chi connectivity index (χ4n) is 2.09. The van der Waals surface area contributed by atoms with Gasteiger partial charge in [0.05, 0.1) is 4.34 Å². The van der Waals surface area contributed by atoms with E-state index < -0.39 is 0 Å². The molecule has 1 aliphatic rings. The molecule has 1 aromatic rings. The number of piperidine rings is 1. The van der Waals surface area contributed by atoms with Gasteiger partial charge < -0.3 is 10.6 Å². The summed E-state index contributed by atoms with van der Waals surface area (Å²) in [7, 11) is 0. The Kier molecular flexibility index (Phi) is 7.47. The number of thiophene rings is 1. The molecule has 17 heavy (non-hydrogen) atoms. The summed E-state index contributed by atoms with van der Waals surface area (Å²) in [6.07, 6.45) is 3.73. The Morgan fingerprint density at radius 1 is 1.35 bits per heavy atom. The summed E-state index contributed by atoms with van der Waals surface area (Å²) < 4.78 is 0.897. The molecule has 0 radical (unpaired) electrons. The molecular weight excluding hydrogens is 275 g/mol. The third kappa shape index (κ3) is 5.58. The minimum absolute atomic E-state index is 0. The molecule has 0 unspecified atom stereocenters. The number of halogens is 2. The Bertz CT molecular complexity index is 311. The second-order valence-corrected chi connectivity index (χ2v) is 6.15. The van der Waals surface area contributed by atoms with Gasteiger partial charge in [0.15, 0.2) is 0 Å². The highest BCUT2D eigenvalue weighted by Gasteiger charge is 2.11. The first-order valence-corrected chi connectivity index (χ1v) is 7.19. The summed E-state index contributed by atoms with van der Waals surface area (Å²) in [4.78, 5) is 1.38. The maximum Gasteiger partial charge on any atom is 0.0931 e. The highest BCUT2D eigenvalue weighted by molar-refractivity contribution is 7.16. The van der Waals surface area contributed by atoms with Gasteiger partial charge in [0, 0.05) is 4.88 Å². The lowest BCUT2D eigenvalue weighted by Crippen LogP contribution is -2.34. The fraction of sp³-hybridized carbons (Fsp3) is 0.667. The Morgan fingerprint density at radius 3 is 2.76 bits per heavy atom. The Morgan fingerprint density at radius 2 is 2.12 bits per heavy atom. The average Bonchev–Trinajstić information content (AvgIpc) is 2.72. The van der Waals surface area contributed by atoms with Crippen LogP contribution in [0.25, 0.3) is 0 Å². The van der Waals surface area contributed by atoms with E-state index in [2.05, 4.69) is 16.7 Å². The summed E-state index contributed by atoms with van der Waals surface area (Å²) in [5.74, 6) is 0.869. The van der Waals surface area contributed by atoms with Crippen molar-refractivity contribution in [2.75, 3.05) is 26.2 Å². The van der Waals surface area contributed by atoms with Gasteiger partial charge in [-0.2, -0.15) is 0 Å². The van der Waals surface area contributed by atoms with Gasteiger partial charge in [-0.3, -0.25) is 0 Å². The van der Waals surface area contributed by atoms with Crippen LogP contribution in [0, 0.1) is 5.92 Å². The van der Waals surface area contributed by atoms with E-state index in [4.69, 9.17) is 11.6 Å². The van der Waals surface area contributed by atoms with Gasteiger partial charge in [-0.15, -0.1) is 23.7 Å². The molecule has 0 bridgehead atoms. The Hall–Kier alpha value is 0.200. The van der Waals surface area contributed by atoms with E-state index in [1.54, 1.807) is 11.3 Å². The van der Waals surface area contributed by atoms with E-state index >= 15 is 0 Å². The first-order chi connectivity index (χ1) is 7.84. The largest absolute Gasteiger partial charge is 0.317 e. The van der Waals surface area contributed by atoms with Crippen LogP contribution in [-0.4, -0.2) is 26.2 Å². The zero-order valence-corrected chi connectivity index (χ0v) is 12.3. The molecule has 98 valence electrons. The van der Waals surface area contributed by atoms with Crippen LogP contribution in [0.1, 0.15) is 17.7 Å². The van der Waals surface area contributed by atoms with Crippen molar-refractivity contribution >= 4 is 35.3 Å². The topological polar surface area (TPSA) is 24.1 Å². The lowest BCUT2D eigenvalue weighted by atomic mass is 9.98. The molecule has 1 aliphatic heterocycles. The summed E-state index contributed by atoms with van der Waals surface area (Å²) >= 11 is 7.58. The summed E-state index contributed by atoms with van der Waals surface area (Å²) in [6, 6.07) is 4.10. The van der Waals surface area contributed by atoms with Gasteiger partial charge in [0.2, 0.25) is 0 Å². The van der Waals surface area contributed by atoms with Crippen LogP contribution in [0.4, 0.5) is 0 Å². The molecule has 0 aliphatic carbocycles. The summed E-state index contributed by atoms with van der Waals surface area (Å²) in [5, 5.41) is 6.94. The van der Waals surface area contributed by atoms with E-state index in [1.165, 1.54) is 37.4 Å². The number of nitrogens with one attached hydrogen (secondary N) is 2. The normalized spacial score (nSPS) is 16.8. The highest BCUT2D eigenvalue weighted by atomic mass is 35.5. The molecule has 0 saturated carbocycles. The molecule has 1 saturated heterocycles. The van der Waals surface area contributed by atoms with Crippen LogP contribution in [0.5, 0.6) is 0 Å². The second-order valence-electron chi connectivity index (χ2n) is 4.35. The molecule has 2 nitrogen and oxygen atoms in total. The standard InChI is InChI=1S/C12H19ClN2S.ClH/c13-12-2-1-11(16-12)5-8-15-9-10-3-6-14-7-4-10;/h1-2,10,14-15H,3-9H2;1H. The zero-order chi connectivity index (χ0) is 11.2. The van der Waals surface area contributed by atoms with Gasteiger partial charge in [-0.25, -0.2) is 0 Å². The van der Waals surface area contributed by atoms with E-state index in [1.807, 2.05) is 6.07 Å². The van der Waals surface area contributed by atoms with Gasteiger partial charge in [-0.05, 0) is 63.5 Å². The maximum absolute atomic E-state index is 5.89. The van der Waals surface area contributed by atoms with Crippen molar-refractivity contribution in [2.24, 2.45) is 5.92 Å². The smallest absolute Gasteiger partial charge is 0.0931 e. The maximum atomic E-state index is 5.89. The predicted octanol–water partition coefficient (Wildman–Crippen LogP) is 2.96. The van der Waals surface area contributed by atoms with Crippen LogP contribution < -0.4 is 10.6 Å². The zero-order valence-electron chi connectivity index (χ0n) is 9.88. The van der Waals surface area contributed by atoms with Gasteiger partial charge in [0.25, 0.3) is 0 Å². The summed E-state index contributed by atoms with van der Waals surface area (Å²) in [5.41, 5.74) is 0. The molecular formula is C12H20Cl2N2S. The number of hydrogen-bond acceptors (Lipinski definition) is 3. The van der Waals surface area contributed by atoms with Crippen LogP contribution in [0.3, 0.4) is 0 Å². The third-order valence-electron chi connectivity index (χ3n) is 3.07. The molecule has 2 N–H and O–H groups in total. The molecule has 2 rings (SSSR count). The lowest BCUT2D eigenvalue weighted by molar-refractivity contribution is 0.358. The van der Waals surface area contributed by atoms with Crippen molar-refractivity contribution in [3.05, 3.63) is 21.3 Å². The quantitative estimate of drug-likeness (QED) is 0.816. The minimum Gasteiger partial charge on any atom is -0.317 e. The Labute approximate surface area is 119 Å². The predicted molar refractivity (Wildman–Crippen MR) is 78.7 cm³/mol. The molecule has 1 aromatic heterocycles. The molecule has 0 atom stereocenters. The van der Waals surface area contributed by atoms with Crippen molar-refractivity contribution in [1.82, 2.24) is 10.6 Å². The van der Waals surface area contributed by atoms with Crippen LogP contribution >= 0.6 is 35.3 Å². The first-order valence-electron chi connectivity index (χ1n) is 6.00. The molecule has 5 heteroatoms. The molecule has 0 spiro atoms. The SMILES string of the molecule is Cl.Clc1ccc(CCNCC2CCNCC2)s1. The van der Waals surface area contributed by atoms with Crippen LogP contribution in [0.15, 0.2) is 12.1 Å². The third-order valence-corrected chi connectivity index (χ3v) is 4.36. The van der Waals surface area contributed by atoms with Gasteiger partial charge >= 0.3 is 0 Å². The van der Waals surface area contributed by atoms with E-state index in [9.17, 15) is 0 Å². The summed E-state index contributed by atoms with van der Waals surface area (Å²) in [6.45, 7) is 4.61. The fourth-order valence-corrected chi connectivity index (χ4v) is 3.18. The Balaban J connectivity index is 0.00000144. The number of hydrogen-bond donors (Lipinski definition) is 2. The molecule has 0 aromatic carbocycles. The van der Waals surface area contributed by atoms with Crippen molar-refractivity contribution in [3.8, 4) is 0 Å². The van der Waals surface area contributed by atoms with Gasteiger partial charge in [0.1, 0.15) is 0 Å².